The molecule has 100 valence electrons. The van der Waals surface area contributed by atoms with Crippen molar-refractivity contribution in [2.75, 3.05) is 14.1 Å². The molecule has 0 bridgehead atoms. The van der Waals surface area contributed by atoms with E-state index in [9.17, 15) is 0 Å². The smallest absolute Gasteiger partial charge is 0.0519 e. The van der Waals surface area contributed by atoms with Crippen LogP contribution in [0.4, 0.5) is 0 Å². The highest BCUT2D eigenvalue weighted by Gasteiger charge is 2.33. The second-order valence-electron chi connectivity index (χ2n) is 6.55. The molecule has 4 rings (SSSR count). The second-order valence-corrected chi connectivity index (χ2v) is 6.55. The van der Waals surface area contributed by atoms with Crippen molar-refractivity contribution < 1.29 is 0 Å². The lowest BCUT2D eigenvalue weighted by Gasteiger charge is -2.35. The number of rotatable bonds is 2. The molecule has 1 saturated carbocycles. The molecule has 1 fully saturated rings. The highest BCUT2D eigenvalue weighted by molar-refractivity contribution is 5.88. The molecular weight excluding hydrogens is 232 g/mol. The van der Waals surface area contributed by atoms with E-state index in [2.05, 4.69) is 54.9 Å². The summed E-state index contributed by atoms with van der Waals surface area (Å²) < 4.78 is 2.55. The Morgan fingerprint density at radius 1 is 1.21 bits per heavy atom. The molecule has 19 heavy (non-hydrogen) atoms. The van der Waals surface area contributed by atoms with Crippen molar-refractivity contribution in [1.82, 2.24) is 9.47 Å². The van der Waals surface area contributed by atoms with Gasteiger partial charge in [0.1, 0.15) is 0 Å². The van der Waals surface area contributed by atoms with E-state index < -0.39 is 0 Å². The standard InChI is InChI=1S/C17H22N2/c1-11-16(18(2)3)9-13-5-4-6-14-15(12-7-8-12)10-19(11)17(13)14/h4-6,10-12,16H,7-9H2,1-3H3/t11?,16-/m0/s1. The molecule has 2 heteroatoms. The minimum Gasteiger partial charge on any atom is -0.343 e. The van der Waals surface area contributed by atoms with Gasteiger partial charge in [-0.25, -0.2) is 0 Å². The molecule has 2 aromatic rings. The summed E-state index contributed by atoms with van der Waals surface area (Å²) in [5, 5.41) is 1.52. The van der Waals surface area contributed by atoms with Crippen LogP contribution in [0.15, 0.2) is 24.4 Å². The van der Waals surface area contributed by atoms with Gasteiger partial charge in [0.2, 0.25) is 0 Å². The first-order valence-corrected chi connectivity index (χ1v) is 7.45. The summed E-state index contributed by atoms with van der Waals surface area (Å²) in [6, 6.07) is 8.07. The number of nitrogens with zero attached hydrogens (tertiary/aromatic N) is 2. The van der Waals surface area contributed by atoms with E-state index in [1.165, 1.54) is 35.7 Å². The molecular formula is C17H22N2. The van der Waals surface area contributed by atoms with E-state index in [1.54, 1.807) is 5.56 Å². The zero-order valence-electron chi connectivity index (χ0n) is 12.1. The van der Waals surface area contributed by atoms with Gasteiger partial charge in [-0.2, -0.15) is 0 Å². The van der Waals surface area contributed by atoms with E-state index in [0.717, 1.165) is 5.92 Å². The van der Waals surface area contributed by atoms with Gasteiger partial charge in [0.25, 0.3) is 0 Å². The SMILES string of the molecule is CC1[C@@H](N(C)C)Cc2cccc3c(C4CC4)cn1c23. The van der Waals surface area contributed by atoms with Crippen LogP contribution in [-0.4, -0.2) is 29.6 Å². The minimum absolute atomic E-state index is 0.569. The summed E-state index contributed by atoms with van der Waals surface area (Å²) in [6.45, 7) is 2.37. The quantitative estimate of drug-likeness (QED) is 0.795. The van der Waals surface area contributed by atoms with Crippen LogP contribution >= 0.6 is 0 Å². The Bertz CT molecular complexity index is 634. The Hall–Kier alpha value is -1.28. The summed E-state index contributed by atoms with van der Waals surface area (Å²) >= 11 is 0. The Labute approximate surface area is 115 Å². The van der Waals surface area contributed by atoms with Crippen LogP contribution in [0.1, 0.15) is 42.9 Å². The first-order valence-electron chi connectivity index (χ1n) is 7.45. The lowest BCUT2D eigenvalue weighted by Crippen LogP contribution is -2.39. The molecule has 0 N–H and O–H groups in total. The Morgan fingerprint density at radius 3 is 2.68 bits per heavy atom. The van der Waals surface area contributed by atoms with Gasteiger partial charge < -0.3 is 9.47 Å². The Kier molecular flexibility index (Phi) is 2.34. The normalized spacial score (nSPS) is 26.3. The lowest BCUT2D eigenvalue weighted by molar-refractivity contribution is 0.216. The van der Waals surface area contributed by atoms with E-state index in [4.69, 9.17) is 0 Å². The van der Waals surface area contributed by atoms with Crippen LogP contribution in [0.2, 0.25) is 0 Å². The van der Waals surface area contributed by atoms with Crippen molar-refractivity contribution in [1.29, 1.82) is 0 Å². The van der Waals surface area contributed by atoms with Crippen LogP contribution in [0, 0.1) is 0 Å². The predicted molar refractivity (Wildman–Crippen MR) is 79.8 cm³/mol. The van der Waals surface area contributed by atoms with Crippen LogP contribution in [-0.2, 0) is 6.42 Å². The minimum atomic E-state index is 0.569. The average Bonchev–Trinajstić information content (AvgIpc) is 3.15. The van der Waals surface area contributed by atoms with Gasteiger partial charge in [0, 0.05) is 23.7 Å². The van der Waals surface area contributed by atoms with E-state index >= 15 is 0 Å². The van der Waals surface area contributed by atoms with Crippen molar-refractivity contribution in [2.45, 2.75) is 44.2 Å². The van der Waals surface area contributed by atoms with Crippen LogP contribution in [0.5, 0.6) is 0 Å². The molecule has 0 radical (unpaired) electrons. The van der Waals surface area contributed by atoms with Gasteiger partial charge in [-0.1, -0.05) is 18.2 Å². The number of hydrogen-bond donors (Lipinski definition) is 0. The van der Waals surface area contributed by atoms with E-state index in [0.29, 0.717) is 12.1 Å². The number of likely N-dealkylation sites (N-methyl/N-ethyl adjacent to an activating group) is 1. The highest BCUT2D eigenvalue weighted by Crippen LogP contribution is 2.46. The first kappa shape index (κ1) is 11.5. The first-order chi connectivity index (χ1) is 9.16. The molecule has 2 aliphatic rings. The molecule has 2 nitrogen and oxygen atoms in total. The topological polar surface area (TPSA) is 8.17 Å². The van der Waals surface area contributed by atoms with Gasteiger partial charge in [-0.05, 0) is 57.3 Å². The maximum atomic E-state index is 2.55. The maximum absolute atomic E-state index is 2.55. The predicted octanol–water partition coefficient (Wildman–Crippen LogP) is 3.57. The summed E-state index contributed by atoms with van der Waals surface area (Å²) in [6.07, 6.45) is 6.40. The zero-order chi connectivity index (χ0) is 13.1. The summed E-state index contributed by atoms with van der Waals surface area (Å²) in [5.74, 6) is 0.835. The molecule has 0 amide bonds. The molecule has 2 heterocycles. The second kappa shape index (κ2) is 3.86. The third-order valence-corrected chi connectivity index (χ3v) is 5.07. The van der Waals surface area contributed by atoms with Gasteiger partial charge >= 0.3 is 0 Å². The zero-order valence-corrected chi connectivity index (χ0v) is 12.1. The largest absolute Gasteiger partial charge is 0.343 e. The average molecular weight is 254 g/mol. The number of para-hydroxylation sites is 1. The van der Waals surface area contributed by atoms with Crippen molar-refractivity contribution in [3.8, 4) is 0 Å². The van der Waals surface area contributed by atoms with Crippen molar-refractivity contribution >= 4 is 10.9 Å². The lowest BCUT2D eigenvalue weighted by atomic mass is 9.93. The number of benzene rings is 1. The highest BCUT2D eigenvalue weighted by atomic mass is 15.2. The van der Waals surface area contributed by atoms with Gasteiger partial charge in [0.15, 0.2) is 0 Å². The summed E-state index contributed by atoms with van der Waals surface area (Å²) in [7, 11) is 4.41. The fourth-order valence-electron chi connectivity index (χ4n) is 3.81. The van der Waals surface area contributed by atoms with E-state index in [-0.39, 0.29) is 0 Å². The molecule has 1 unspecified atom stereocenters. The van der Waals surface area contributed by atoms with Gasteiger partial charge in [-0.3, -0.25) is 0 Å². The fourth-order valence-corrected chi connectivity index (χ4v) is 3.81. The number of hydrogen-bond acceptors (Lipinski definition) is 1. The number of aromatic nitrogens is 1. The van der Waals surface area contributed by atoms with Crippen LogP contribution < -0.4 is 0 Å². The van der Waals surface area contributed by atoms with Crippen molar-refractivity contribution in [3.05, 3.63) is 35.5 Å². The third-order valence-electron chi connectivity index (χ3n) is 5.07. The van der Waals surface area contributed by atoms with Gasteiger partial charge in [0.05, 0.1) is 5.52 Å². The third kappa shape index (κ3) is 1.59. The van der Waals surface area contributed by atoms with Crippen LogP contribution in [0.3, 0.4) is 0 Å². The monoisotopic (exact) mass is 254 g/mol. The van der Waals surface area contributed by atoms with E-state index in [1.807, 2.05) is 0 Å². The molecule has 2 atom stereocenters. The summed E-state index contributed by atoms with van der Waals surface area (Å²) in [5.41, 5.74) is 4.64. The molecule has 0 saturated heterocycles. The molecule has 1 aromatic carbocycles. The van der Waals surface area contributed by atoms with Crippen molar-refractivity contribution in [3.63, 3.8) is 0 Å². The van der Waals surface area contributed by atoms with Gasteiger partial charge in [-0.15, -0.1) is 0 Å². The Morgan fingerprint density at radius 2 is 2.00 bits per heavy atom. The summed E-state index contributed by atoms with van der Waals surface area (Å²) in [4.78, 5) is 2.38. The molecule has 1 aliphatic carbocycles. The van der Waals surface area contributed by atoms with Crippen LogP contribution in [0.25, 0.3) is 10.9 Å². The fraction of sp³-hybridized carbons (Fsp3) is 0.529. The maximum Gasteiger partial charge on any atom is 0.0519 e. The van der Waals surface area contributed by atoms with Crippen molar-refractivity contribution in [2.24, 2.45) is 0 Å². The molecule has 1 aromatic heterocycles. The molecule has 1 aliphatic heterocycles. The molecule has 0 spiro atoms. The Balaban J connectivity index is 1.95.